The predicted molar refractivity (Wildman–Crippen MR) is 113 cm³/mol. The Kier molecular flexibility index (Phi) is 8.07. The maximum atomic E-state index is 12.0. The van der Waals surface area contributed by atoms with Crippen LogP contribution in [0.2, 0.25) is 10.0 Å². The highest BCUT2D eigenvalue weighted by Gasteiger charge is 2.25. The smallest absolute Gasteiger partial charge is 0.319 e. The quantitative estimate of drug-likeness (QED) is 0.678. The summed E-state index contributed by atoms with van der Waals surface area (Å²) >= 11 is 12.0. The molecular formula is C20H30Cl2N4O. The minimum atomic E-state index is -0.247. The Morgan fingerprint density at radius 1 is 1.07 bits per heavy atom. The van der Waals surface area contributed by atoms with Crippen molar-refractivity contribution >= 4 is 34.9 Å². The molecule has 2 fully saturated rings. The first-order valence-electron chi connectivity index (χ1n) is 10.1. The van der Waals surface area contributed by atoms with E-state index >= 15 is 0 Å². The van der Waals surface area contributed by atoms with E-state index in [2.05, 4.69) is 20.4 Å². The minimum Gasteiger partial charge on any atom is -0.338 e. The Bertz CT molecular complexity index is 614. The van der Waals surface area contributed by atoms with Crippen LogP contribution in [0.3, 0.4) is 0 Å². The molecular weight excluding hydrogens is 383 g/mol. The molecule has 27 heavy (non-hydrogen) atoms. The molecule has 2 aliphatic rings. The van der Waals surface area contributed by atoms with Crippen LogP contribution < -0.4 is 10.6 Å². The first-order chi connectivity index (χ1) is 13.1. The normalized spacial score (nSPS) is 19.8. The van der Waals surface area contributed by atoms with Crippen molar-refractivity contribution in [1.29, 1.82) is 0 Å². The van der Waals surface area contributed by atoms with Crippen molar-refractivity contribution in [2.75, 3.05) is 44.6 Å². The van der Waals surface area contributed by atoms with E-state index in [9.17, 15) is 4.79 Å². The van der Waals surface area contributed by atoms with Gasteiger partial charge in [0.15, 0.2) is 0 Å². The molecule has 150 valence electrons. The number of carbonyl (C=O) groups is 1. The number of rotatable bonds is 6. The highest BCUT2D eigenvalue weighted by molar-refractivity contribution is 6.35. The standard InChI is InChI=1S/C20H30Cl2N4O/c21-16-5-6-18(22)19(15-16)24-20(27)23-9-4-10-25-13-7-17(8-14-25)26-11-2-1-3-12-26/h5-6,15,17H,1-4,7-14H2,(H2,23,24,27). The fraction of sp³-hybridized carbons (Fsp3) is 0.650. The zero-order chi connectivity index (χ0) is 19.1. The van der Waals surface area contributed by atoms with Gasteiger partial charge in [0.1, 0.15) is 0 Å². The predicted octanol–water partition coefficient (Wildman–Crippen LogP) is 4.46. The average Bonchev–Trinajstić information content (AvgIpc) is 2.69. The number of nitrogens with zero attached hydrogens (tertiary/aromatic N) is 2. The van der Waals surface area contributed by atoms with Gasteiger partial charge in [-0.2, -0.15) is 0 Å². The van der Waals surface area contributed by atoms with Gasteiger partial charge in [-0.15, -0.1) is 0 Å². The lowest BCUT2D eigenvalue weighted by Crippen LogP contribution is -2.47. The molecule has 7 heteroatoms. The number of hydrogen-bond donors (Lipinski definition) is 2. The number of carbonyl (C=O) groups excluding carboxylic acids is 1. The monoisotopic (exact) mass is 412 g/mol. The van der Waals surface area contributed by atoms with Crippen LogP contribution in [0.4, 0.5) is 10.5 Å². The number of urea groups is 1. The summed E-state index contributed by atoms with van der Waals surface area (Å²) in [7, 11) is 0. The van der Waals surface area contributed by atoms with Gasteiger partial charge in [-0.1, -0.05) is 29.6 Å². The summed E-state index contributed by atoms with van der Waals surface area (Å²) in [5.41, 5.74) is 0.529. The third kappa shape index (κ3) is 6.53. The van der Waals surface area contributed by atoms with E-state index in [0.29, 0.717) is 22.3 Å². The minimum absolute atomic E-state index is 0.247. The summed E-state index contributed by atoms with van der Waals surface area (Å²) in [6.45, 7) is 6.61. The molecule has 0 unspecified atom stereocenters. The first-order valence-corrected chi connectivity index (χ1v) is 10.8. The zero-order valence-corrected chi connectivity index (χ0v) is 17.4. The molecule has 0 saturated carbocycles. The highest BCUT2D eigenvalue weighted by Crippen LogP contribution is 2.25. The van der Waals surface area contributed by atoms with E-state index in [-0.39, 0.29) is 6.03 Å². The van der Waals surface area contributed by atoms with E-state index in [4.69, 9.17) is 23.2 Å². The summed E-state index contributed by atoms with van der Waals surface area (Å²) in [5, 5.41) is 6.66. The molecule has 0 spiro atoms. The molecule has 0 bridgehead atoms. The van der Waals surface area contributed by atoms with Crippen molar-refractivity contribution in [3.05, 3.63) is 28.2 Å². The summed E-state index contributed by atoms with van der Waals surface area (Å²) in [6.07, 6.45) is 7.65. The fourth-order valence-electron chi connectivity index (χ4n) is 4.06. The third-order valence-corrected chi connectivity index (χ3v) is 6.14. The van der Waals surface area contributed by atoms with Crippen LogP contribution in [-0.2, 0) is 0 Å². The molecule has 2 aliphatic heterocycles. The van der Waals surface area contributed by atoms with Crippen LogP contribution >= 0.6 is 23.2 Å². The fourth-order valence-corrected chi connectivity index (χ4v) is 4.39. The lowest BCUT2D eigenvalue weighted by molar-refractivity contribution is 0.0922. The Hall–Kier alpha value is -1.01. The molecule has 2 heterocycles. The summed E-state index contributed by atoms with van der Waals surface area (Å²) in [4.78, 5) is 17.2. The van der Waals surface area contributed by atoms with E-state index in [1.54, 1.807) is 18.2 Å². The molecule has 0 aromatic heterocycles. The Balaban J connectivity index is 1.29. The maximum Gasteiger partial charge on any atom is 0.319 e. The Morgan fingerprint density at radius 2 is 1.81 bits per heavy atom. The number of piperidine rings is 2. The number of halogens is 2. The number of anilines is 1. The van der Waals surface area contributed by atoms with Crippen LogP contribution in [-0.4, -0.2) is 61.1 Å². The number of likely N-dealkylation sites (tertiary alicyclic amines) is 2. The third-order valence-electron chi connectivity index (χ3n) is 5.58. The topological polar surface area (TPSA) is 47.6 Å². The van der Waals surface area contributed by atoms with Gasteiger partial charge in [0, 0.05) is 17.6 Å². The van der Waals surface area contributed by atoms with Gasteiger partial charge in [0.05, 0.1) is 10.7 Å². The lowest BCUT2D eigenvalue weighted by Gasteiger charge is -2.40. The molecule has 2 N–H and O–H groups in total. The highest BCUT2D eigenvalue weighted by atomic mass is 35.5. The van der Waals surface area contributed by atoms with Crippen molar-refractivity contribution in [3.63, 3.8) is 0 Å². The molecule has 2 saturated heterocycles. The van der Waals surface area contributed by atoms with Gasteiger partial charge in [-0.25, -0.2) is 4.79 Å². The lowest BCUT2D eigenvalue weighted by atomic mass is 10.00. The second-order valence-electron chi connectivity index (χ2n) is 7.53. The van der Waals surface area contributed by atoms with Gasteiger partial charge >= 0.3 is 6.03 Å². The van der Waals surface area contributed by atoms with Crippen molar-refractivity contribution in [3.8, 4) is 0 Å². The number of amides is 2. The second-order valence-corrected chi connectivity index (χ2v) is 8.37. The van der Waals surface area contributed by atoms with E-state index < -0.39 is 0 Å². The van der Waals surface area contributed by atoms with E-state index in [1.807, 2.05) is 0 Å². The molecule has 5 nitrogen and oxygen atoms in total. The van der Waals surface area contributed by atoms with Crippen molar-refractivity contribution in [2.45, 2.75) is 44.6 Å². The summed E-state index contributed by atoms with van der Waals surface area (Å²) in [6, 6.07) is 5.56. The zero-order valence-electron chi connectivity index (χ0n) is 15.9. The summed E-state index contributed by atoms with van der Waals surface area (Å²) < 4.78 is 0. The van der Waals surface area contributed by atoms with Crippen molar-refractivity contribution < 1.29 is 4.79 Å². The van der Waals surface area contributed by atoms with Gasteiger partial charge in [-0.05, 0) is 83.0 Å². The number of benzene rings is 1. The Morgan fingerprint density at radius 3 is 2.56 bits per heavy atom. The van der Waals surface area contributed by atoms with E-state index in [0.717, 1.165) is 19.0 Å². The number of hydrogen-bond acceptors (Lipinski definition) is 3. The second kappa shape index (κ2) is 10.5. The molecule has 1 aromatic rings. The Labute approximate surface area is 172 Å². The van der Waals surface area contributed by atoms with Crippen LogP contribution in [0.25, 0.3) is 0 Å². The van der Waals surface area contributed by atoms with Gasteiger partial charge in [0.2, 0.25) is 0 Å². The SMILES string of the molecule is O=C(NCCCN1CCC(N2CCCCC2)CC1)Nc1cc(Cl)ccc1Cl. The van der Waals surface area contributed by atoms with Crippen LogP contribution in [0.1, 0.15) is 38.5 Å². The van der Waals surface area contributed by atoms with Crippen LogP contribution in [0, 0.1) is 0 Å². The maximum absolute atomic E-state index is 12.0. The van der Waals surface area contributed by atoms with Crippen molar-refractivity contribution in [2.24, 2.45) is 0 Å². The molecule has 1 aromatic carbocycles. The number of nitrogens with one attached hydrogen (secondary N) is 2. The van der Waals surface area contributed by atoms with E-state index in [1.165, 1.54) is 58.3 Å². The van der Waals surface area contributed by atoms with Crippen molar-refractivity contribution in [1.82, 2.24) is 15.1 Å². The average molecular weight is 413 g/mol. The van der Waals surface area contributed by atoms with Gasteiger partial charge in [-0.3, -0.25) is 0 Å². The first kappa shape index (κ1) is 20.7. The molecule has 2 amide bonds. The van der Waals surface area contributed by atoms with Crippen LogP contribution in [0.5, 0.6) is 0 Å². The van der Waals surface area contributed by atoms with Crippen LogP contribution in [0.15, 0.2) is 18.2 Å². The molecule has 0 radical (unpaired) electrons. The van der Waals surface area contributed by atoms with Gasteiger partial charge in [0.25, 0.3) is 0 Å². The molecule has 3 rings (SSSR count). The molecule has 0 atom stereocenters. The summed E-state index contributed by atoms with van der Waals surface area (Å²) in [5.74, 6) is 0. The van der Waals surface area contributed by atoms with Gasteiger partial charge < -0.3 is 20.4 Å². The molecule has 0 aliphatic carbocycles. The largest absolute Gasteiger partial charge is 0.338 e.